The van der Waals surface area contributed by atoms with Crippen molar-refractivity contribution >= 4 is 31.9 Å². The Morgan fingerprint density at radius 3 is 1.74 bits per heavy atom. The van der Waals surface area contributed by atoms with Gasteiger partial charge in [0.2, 0.25) is 0 Å². The Balaban J connectivity index is 6.64. The molecule has 2 unspecified atom stereocenters. The zero-order chi connectivity index (χ0) is 21.7. The van der Waals surface area contributed by atoms with E-state index in [1.165, 1.54) is 6.92 Å². The molecule has 0 saturated heterocycles. The normalized spacial score (nSPS) is 16.5. The van der Waals surface area contributed by atoms with Crippen molar-refractivity contribution in [2.75, 3.05) is 0 Å². The van der Waals surface area contributed by atoms with E-state index in [1.54, 1.807) is 13.8 Å². The summed E-state index contributed by atoms with van der Waals surface area (Å²) in [6, 6.07) is 0. The minimum absolute atomic E-state index is 0.321. The Morgan fingerprint density at radius 2 is 1.44 bits per heavy atom. The molecule has 0 aliphatic heterocycles. The number of hydrogen-bond acceptors (Lipinski definition) is 6. The van der Waals surface area contributed by atoms with Crippen LogP contribution in [0.2, 0.25) is 0 Å². The highest BCUT2D eigenvalue weighted by molar-refractivity contribution is 8.09. The molecule has 0 bridgehead atoms. The smallest absolute Gasteiger partial charge is 0.344 e. The zero-order valence-electron chi connectivity index (χ0n) is 16.1. The number of sulfone groups is 1. The maximum atomic E-state index is 13.2. The first-order valence-electron chi connectivity index (χ1n) is 8.85. The van der Waals surface area contributed by atoms with Gasteiger partial charge >= 0.3 is 16.0 Å². The van der Waals surface area contributed by atoms with Gasteiger partial charge in [0.05, 0.1) is 11.7 Å². The van der Waals surface area contributed by atoms with Crippen molar-refractivity contribution in [2.45, 2.75) is 82.0 Å². The number of hydrogen-bond donors (Lipinski definition) is 3. The van der Waals surface area contributed by atoms with Gasteiger partial charge in [0.25, 0.3) is 10.1 Å². The van der Waals surface area contributed by atoms with Crippen LogP contribution in [0.4, 0.5) is 0 Å². The van der Waals surface area contributed by atoms with Gasteiger partial charge in [-0.1, -0.05) is 40.0 Å². The first-order chi connectivity index (χ1) is 12.2. The van der Waals surface area contributed by atoms with Crippen LogP contribution in [-0.4, -0.2) is 52.9 Å². The van der Waals surface area contributed by atoms with E-state index in [-0.39, 0.29) is 0 Å². The monoisotopic (exact) mass is 430 g/mol. The predicted octanol–water partition coefficient (Wildman–Crippen LogP) is 2.32. The quantitative estimate of drug-likeness (QED) is 0.294. The number of aliphatic carboxylic acids is 2. The molecule has 0 aliphatic rings. The molecule has 0 aromatic rings. The summed E-state index contributed by atoms with van der Waals surface area (Å²) in [7, 11) is -10.9. The van der Waals surface area contributed by atoms with Gasteiger partial charge in [-0.2, -0.15) is 8.42 Å². The number of carboxylic acid groups (broad SMARTS) is 2. The van der Waals surface area contributed by atoms with Crippen molar-refractivity contribution < 1.29 is 41.2 Å². The minimum Gasteiger partial charge on any atom is -0.481 e. The lowest BCUT2D eigenvalue weighted by Crippen LogP contribution is -2.59. The highest BCUT2D eigenvalue weighted by Gasteiger charge is 2.66. The molecular weight excluding hydrogens is 400 g/mol. The van der Waals surface area contributed by atoms with Gasteiger partial charge in [0.15, 0.2) is 9.84 Å². The Hall–Kier alpha value is -1.20. The molecule has 0 saturated carbocycles. The van der Waals surface area contributed by atoms with Gasteiger partial charge < -0.3 is 10.2 Å². The Morgan fingerprint density at radius 1 is 0.963 bits per heavy atom. The van der Waals surface area contributed by atoms with Crippen LogP contribution in [0, 0.1) is 5.41 Å². The molecular formula is C16H30O9S2. The van der Waals surface area contributed by atoms with Crippen LogP contribution < -0.4 is 0 Å². The molecule has 2 atom stereocenters. The summed E-state index contributed by atoms with van der Waals surface area (Å²) in [5, 5.41) is 16.9. The van der Waals surface area contributed by atoms with Gasteiger partial charge in [-0.3, -0.25) is 9.35 Å². The molecule has 0 aromatic heterocycles. The third kappa shape index (κ3) is 4.80. The highest BCUT2D eigenvalue weighted by atomic mass is 32.3. The van der Waals surface area contributed by atoms with Crippen LogP contribution in [0.25, 0.3) is 0 Å². The van der Waals surface area contributed by atoms with E-state index in [4.69, 9.17) is 5.11 Å². The van der Waals surface area contributed by atoms with Crippen LogP contribution in [0.5, 0.6) is 0 Å². The van der Waals surface area contributed by atoms with Gasteiger partial charge in [0, 0.05) is 0 Å². The van der Waals surface area contributed by atoms with E-state index < -0.39 is 53.1 Å². The van der Waals surface area contributed by atoms with Gasteiger partial charge in [-0.05, 0) is 31.6 Å². The lowest BCUT2D eigenvalue weighted by molar-refractivity contribution is -0.144. The van der Waals surface area contributed by atoms with Crippen molar-refractivity contribution in [1.82, 2.24) is 0 Å². The Bertz CT molecular complexity index is 736. The molecule has 0 radical (unpaired) electrons. The number of carboxylic acids is 2. The topological polar surface area (TPSA) is 163 Å². The molecule has 0 aromatic carbocycles. The second kappa shape index (κ2) is 9.33. The Labute approximate surface area is 160 Å². The molecule has 11 heteroatoms. The first kappa shape index (κ1) is 25.8. The first-order valence-corrected chi connectivity index (χ1v) is 11.8. The molecule has 27 heavy (non-hydrogen) atoms. The fraction of sp³-hybridized carbons (Fsp3) is 0.875. The van der Waals surface area contributed by atoms with Crippen molar-refractivity contribution in [3.05, 3.63) is 0 Å². The van der Waals surface area contributed by atoms with Crippen molar-refractivity contribution in [3.63, 3.8) is 0 Å². The molecule has 0 amide bonds. The predicted molar refractivity (Wildman–Crippen MR) is 99.7 cm³/mol. The average molecular weight is 431 g/mol. The Kier molecular flexibility index (Phi) is 8.92. The van der Waals surface area contributed by atoms with Gasteiger partial charge in [-0.25, -0.2) is 13.2 Å². The average Bonchev–Trinajstić information content (AvgIpc) is 2.54. The number of carbonyl (C=O) groups is 2. The summed E-state index contributed by atoms with van der Waals surface area (Å²) < 4.78 is 55.8. The number of unbranched alkanes of at least 4 members (excludes halogenated alkanes) is 2. The lowest BCUT2D eigenvalue weighted by Gasteiger charge is -2.40. The van der Waals surface area contributed by atoms with Crippen LogP contribution >= 0.6 is 0 Å². The SMILES string of the molecule is CCCCCC(CC)(CC)C(C)S(=O)(=O)C(CC(=O)O)(C(=O)O)S(=O)(=O)O. The third-order valence-corrected chi connectivity index (χ3v) is 10.8. The molecule has 0 spiro atoms. The standard InChI is InChI=1S/C16H30O9S2/c1-5-8-9-10-15(6-2,7-3)12(4)26(21,22)16(14(19)20,11-13(17)18)27(23,24)25/h12H,5-11H2,1-4H3,(H,17,18)(H,19,20)(H,23,24,25). The van der Waals surface area contributed by atoms with Crippen molar-refractivity contribution in [1.29, 1.82) is 0 Å². The van der Waals surface area contributed by atoms with Gasteiger partial charge in [0.1, 0.15) is 0 Å². The summed E-state index contributed by atoms with van der Waals surface area (Å²) in [4.78, 5) is 22.9. The molecule has 0 aliphatic carbocycles. The lowest BCUT2D eigenvalue weighted by atomic mass is 9.75. The van der Waals surface area contributed by atoms with Crippen LogP contribution in [0.15, 0.2) is 0 Å². The molecule has 0 rings (SSSR count). The largest absolute Gasteiger partial charge is 0.481 e. The summed E-state index contributed by atoms with van der Waals surface area (Å²) in [5.74, 6) is -4.38. The van der Waals surface area contributed by atoms with Crippen LogP contribution in [0.3, 0.4) is 0 Å². The molecule has 3 N–H and O–H groups in total. The molecule has 0 heterocycles. The summed E-state index contributed by atoms with van der Waals surface area (Å²) in [6.45, 7) is 6.59. The third-order valence-electron chi connectivity index (χ3n) is 5.60. The maximum absolute atomic E-state index is 13.2. The van der Waals surface area contributed by atoms with Crippen LogP contribution in [0.1, 0.15) is 72.6 Å². The van der Waals surface area contributed by atoms with E-state index >= 15 is 0 Å². The molecule has 160 valence electrons. The fourth-order valence-corrected chi connectivity index (χ4v) is 7.95. The molecule has 9 nitrogen and oxygen atoms in total. The second-order valence-electron chi connectivity index (χ2n) is 6.82. The highest BCUT2D eigenvalue weighted by Crippen LogP contribution is 2.45. The van der Waals surface area contributed by atoms with E-state index in [1.807, 2.05) is 6.92 Å². The van der Waals surface area contributed by atoms with Gasteiger partial charge in [-0.15, -0.1) is 0 Å². The van der Waals surface area contributed by atoms with E-state index in [0.717, 1.165) is 12.8 Å². The minimum atomic E-state index is -5.79. The van der Waals surface area contributed by atoms with E-state index in [2.05, 4.69) is 0 Å². The van der Waals surface area contributed by atoms with Crippen LogP contribution in [-0.2, 0) is 29.5 Å². The second-order valence-corrected chi connectivity index (χ2v) is 11.2. The van der Waals surface area contributed by atoms with E-state index in [0.29, 0.717) is 25.7 Å². The summed E-state index contributed by atoms with van der Waals surface area (Å²) in [6.07, 6.45) is 1.60. The maximum Gasteiger partial charge on any atom is 0.344 e. The van der Waals surface area contributed by atoms with E-state index in [9.17, 15) is 36.1 Å². The summed E-state index contributed by atoms with van der Waals surface area (Å²) in [5.41, 5.74) is -0.947. The van der Waals surface area contributed by atoms with Crippen molar-refractivity contribution in [3.8, 4) is 0 Å². The number of rotatable bonds is 13. The fourth-order valence-electron chi connectivity index (χ4n) is 3.57. The zero-order valence-corrected chi connectivity index (χ0v) is 17.8. The molecule has 0 fully saturated rings. The summed E-state index contributed by atoms with van der Waals surface area (Å²) >= 11 is 0. The van der Waals surface area contributed by atoms with Crippen molar-refractivity contribution in [2.24, 2.45) is 5.41 Å².